The maximum Gasteiger partial charge on any atom is 0.155 e. The molecule has 4 rings (SSSR count). The van der Waals surface area contributed by atoms with Gasteiger partial charge in [0.15, 0.2) is 5.78 Å². The lowest BCUT2D eigenvalue weighted by Crippen LogP contribution is -2.43. The van der Waals surface area contributed by atoms with Crippen molar-refractivity contribution in [2.24, 2.45) is 22.7 Å². The molecule has 0 saturated heterocycles. The lowest BCUT2D eigenvalue weighted by Gasteiger charge is -2.52. The summed E-state index contributed by atoms with van der Waals surface area (Å²) < 4.78 is 0. The average molecular weight is 298 g/mol. The number of allylic oxidation sites excluding steroid dienone is 4. The predicted molar refractivity (Wildman–Crippen MR) is 90.5 cm³/mol. The van der Waals surface area contributed by atoms with Crippen molar-refractivity contribution in [2.75, 3.05) is 0 Å². The van der Waals surface area contributed by atoms with Crippen LogP contribution in [0.25, 0.3) is 0 Å². The summed E-state index contributed by atoms with van der Waals surface area (Å²) >= 11 is 0. The monoisotopic (exact) mass is 298 g/mol. The number of rotatable bonds is 1. The molecule has 0 amide bonds. The molecule has 0 radical (unpaired) electrons. The molecule has 0 unspecified atom stereocenters. The SMILES string of the molecule is CC[C@]1(C)CCC2=C1CC[C@H]1[C@H]2CCC2=CC(=O)CC[C@@]21C. The molecule has 4 atom stereocenters. The maximum atomic E-state index is 11.8. The normalized spacial score (nSPS) is 44.3. The van der Waals surface area contributed by atoms with Gasteiger partial charge in [0, 0.05) is 6.42 Å². The Labute approximate surface area is 135 Å². The summed E-state index contributed by atoms with van der Waals surface area (Å²) in [6.45, 7) is 7.35. The van der Waals surface area contributed by atoms with Gasteiger partial charge in [-0.2, -0.15) is 0 Å². The van der Waals surface area contributed by atoms with Crippen LogP contribution in [0.5, 0.6) is 0 Å². The first-order chi connectivity index (χ1) is 10.5. The van der Waals surface area contributed by atoms with E-state index in [0.29, 0.717) is 16.6 Å². The second-order valence-corrected chi connectivity index (χ2v) is 8.76. The van der Waals surface area contributed by atoms with Crippen LogP contribution in [0.2, 0.25) is 0 Å². The van der Waals surface area contributed by atoms with Gasteiger partial charge in [-0.05, 0) is 80.1 Å². The molecule has 0 aromatic carbocycles. The topological polar surface area (TPSA) is 17.1 Å². The van der Waals surface area contributed by atoms with Crippen LogP contribution in [0, 0.1) is 22.7 Å². The minimum absolute atomic E-state index is 0.320. The van der Waals surface area contributed by atoms with Gasteiger partial charge >= 0.3 is 0 Å². The molecule has 1 saturated carbocycles. The van der Waals surface area contributed by atoms with Gasteiger partial charge in [-0.3, -0.25) is 4.79 Å². The molecular formula is C21H30O. The fourth-order valence-corrected chi connectivity index (χ4v) is 6.31. The Morgan fingerprint density at radius 3 is 2.68 bits per heavy atom. The van der Waals surface area contributed by atoms with Gasteiger partial charge in [0.25, 0.3) is 0 Å². The Bertz CT molecular complexity index is 581. The molecule has 0 aliphatic heterocycles. The third kappa shape index (κ3) is 1.87. The zero-order valence-electron chi connectivity index (χ0n) is 14.5. The summed E-state index contributed by atoms with van der Waals surface area (Å²) in [7, 11) is 0. The predicted octanol–water partition coefficient (Wildman–Crippen LogP) is 5.61. The van der Waals surface area contributed by atoms with Crippen molar-refractivity contribution in [1.29, 1.82) is 0 Å². The van der Waals surface area contributed by atoms with Gasteiger partial charge in [0.05, 0.1) is 0 Å². The van der Waals surface area contributed by atoms with Crippen LogP contribution in [0.4, 0.5) is 0 Å². The fraction of sp³-hybridized carbons (Fsp3) is 0.762. The van der Waals surface area contributed by atoms with E-state index in [2.05, 4.69) is 20.8 Å². The third-order valence-electron chi connectivity index (χ3n) is 7.98. The van der Waals surface area contributed by atoms with Gasteiger partial charge in [-0.15, -0.1) is 0 Å². The number of hydrogen-bond acceptors (Lipinski definition) is 1. The standard InChI is InChI=1S/C21H30O/c1-4-20(2)11-10-17-16-6-5-14-13-15(22)9-12-21(14,3)19(16)8-7-18(17)20/h13,16,19H,4-12H2,1-3H3/t16-,19-,20+,21-/m0/s1. The van der Waals surface area contributed by atoms with E-state index in [4.69, 9.17) is 0 Å². The summed E-state index contributed by atoms with van der Waals surface area (Å²) in [5.74, 6) is 2.01. The van der Waals surface area contributed by atoms with Crippen molar-refractivity contribution in [1.82, 2.24) is 0 Å². The lowest BCUT2D eigenvalue weighted by atomic mass is 9.52. The third-order valence-corrected chi connectivity index (χ3v) is 7.98. The Kier molecular flexibility index (Phi) is 3.23. The highest BCUT2D eigenvalue weighted by atomic mass is 16.1. The molecule has 0 bridgehead atoms. The average Bonchev–Trinajstić information content (AvgIpc) is 2.86. The molecule has 22 heavy (non-hydrogen) atoms. The van der Waals surface area contributed by atoms with Gasteiger partial charge in [-0.1, -0.05) is 37.5 Å². The van der Waals surface area contributed by atoms with Crippen molar-refractivity contribution in [2.45, 2.75) is 78.6 Å². The number of fused-ring (bicyclic) bond motifs is 4. The van der Waals surface area contributed by atoms with Crippen LogP contribution in [0.1, 0.15) is 78.6 Å². The largest absolute Gasteiger partial charge is 0.295 e. The van der Waals surface area contributed by atoms with Crippen LogP contribution in [-0.4, -0.2) is 5.78 Å². The van der Waals surface area contributed by atoms with Crippen molar-refractivity contribution in [3.63, 3.8) is 0 Å². The Morgan fingerprint density at radius 2 is 1.91 bits per heavy atom. The van der Waals surface area contributed by atoms with E-state index >= 15 is 0 Å². The summed E-state index contributed by atoms with van der Waals surface area (Å²) in [6, 6.07) is 0. The lowest BCUT2D eigenvalue weighted by molar-refractivity contribution is -0.116. The highest BCUT2D eigenvalue weighted by Crippen LogP contribution is 2.62. The van der Waals surface area contributed by atoms with Gasteiger partial charge in [0.1, 0.15) is 0 Å². The summed E-state index contributed by atoms with van der Waals surface area (Å²) in [4.78, 5) is 11.8. The minimum atomic E-state index is 0.320. The van der Waals surface area contributed by atoms with Gasteiger partial charge in [-0.25, -0.2) is 0 Å². The van der Waals surface area contributed by atoms with E-state index < -0.39 is 0 Å². The van der Waals surface area contributed by atoms with Crippen molar-refractivity contribution in [3.05, 3.63) is 22.8 Å². The second kappa shape index (κ2) is 4.82. The first-order valence-corrected chi connectivity index (χ1v) is 9.44. The van der Waals surface area contributed by atoms with Crippen LogP contribution >= 0.6 is 0 Å². The van der Waals surface area contributed by atoms with Gasteiger partial charge in [0.2, 0.25) is 0 Å². The smallest absolute Gasteiger partial charge is 0.155 e. The first kappa shape index (κ1) is 14.7. The van der Waals surface area contributed by atoms with Crippen molar-refractivity contribution >= 4 is 5.78 Å². The van der Waals surface area contributed by atoms with Crippen LogP contribution in [0.3, 0.4) is 0 Å². The summed E-state index contributed by atoms with van der Waals surface area (Å²) in [6.07, 6.45) is 13.1. The quantitative estimate of drug-likeness (QED) is 0.575. The molecule has 0 aromatic rings. The molecule has 1 nitrogen and oxygen atoms in total. The number of carbonyl (C=O) groups excluding carboxylic acids is 1. The molecule has 0 aromatic heterocycles. The van der Waals surface area contributed by atoms with Crippen LogP contribution in [-0.2, 0) is 4.79 Å². The fourth-order valence-electron chi connectivity index (χ4n) is 6.31. The number of ketones is 1. The molecule has 0 heterocycles. The van der Waals surface area contributed by atoms with E-state index in [-0.39, 0.29) is 0 Å². The Hall–Kier alpha value is -0.850. The van der Waals surface area contributed by atoms with Crippen molar-refractivity contribution < 1.29 is 4.79 Å². The summed E-state index contributed by atoms with van der Waals surface area (Å²) in [5, 5.41) is 0. The first-order valence-electron chi connectivity index (χ1n) is 9.44. The number of hydrogen-bond donors (Lipinski definition) is 0. The van der Waals surface area contributed by atoms with E-state index in [1.807, 2.05) is 17.2 Å². The van der Waals surface area contributed by atoms with E-state index in [9.17, 15) is 4.79 Å². The zero-order valence-corrected chi connectivity index (χ0v) is 14.5. The van der Waals surface area contributed by atoms with Crippen LogP contribution in [0.15, 0.2) is 22.8 Å². The molecule has 0 N–H and O–H groups in total. The Morgan fingerprint density at radius 1 is 1.09 bits per heavy atom. The highest BCUT2D eigenvalue weighted by Gasteiger charge is 2.51. The molecule has 1 heteroatoms. The zero-order chi connectivity index (χ0) is 15.5. The minimum Gasteiger partial charge on any atom is -0.295 e. The molecule has 0 spiro atoms. The van der Waals surface area contributed by atoms with E-state index in [1.54, 1.807) is 0 Å². The maximum absolute atomic E-state index is 11.8. The second-order valence-electron chi connectivity index (χ2n) is 8.76. The van der Waals surface area contributed by atoms with Gasteiger partial charge < -0.3 is 0 Å². The molecular weight excluding hydrogens is 268 g/mol. The van der Waals surface area contributed by atoms with Crippen LogP contribution < -0.4 is 0 Å². The molecule has 1 fully saturated rings. The molecule has 120 valence electrons. The Balaban J connectivity index is 1.72. The highest BCUT2D eigenvalue weighted by molar-refractivity contribution is 5.91. The molecule has 4 aliphatic rings. The number of carbonyl (C=O) groups is 1. The van der Waals surface area contributed by atoms with E-state index in [1.165, 1.54) is 50.5 Å². The summed E-state index contributed by atoms with van der Waals surface area (Å²) in [5.41, 5.74) is 6.02. The van der Waals surface area contributed by atoms with Crippen molar-refractivity contribution in [3.8, 4) is 0 Å². The van der Waals surface area contributed by atoms with E-state index in [0.717, 1.165) is 24.7 Å². The molecule has 4 aliphatic carbocycles.